The van der Waals surface area contributed by atoms with Crippen molar-refractivity contribution in [1.82, 2.24) is 0 Å². The van der Waals surface area contributed by atoms with E-state index in [2.05, 4.69) is 0 Å². The van der Waals surface area contributed by atoms with Gasteiger partial charge in [-0.25, -0.2) is 0 Å². The Morgan fingerprint density at radius 3 is 3.00 bits per heavy atom. The zero-order chi connectivity index (χ0) is 8.55. The highest BCUT2D eigenvalue weighted by molar-refractivity contribution is 5.83. The third kappa shape index (κ3) is 0.863. The molecule has 1 aromatic rings. The zero-order valence-corrected chi connectivity index (χ0v) is 6.66. The Bertz CT molecular complexity index is 331. The number of aldehydes is 1. The van der Waals surface area contributed by atoms with Crippen LogP contribution in [0.15, 0.2) is 12.1 Å². The topological polar surface area (TPSA) is 35.5 Å². The lowest BCUT2D eigenvalue weighted by Gasteiger charge is -2.01. The molecule has 0 amide bonds. The minimum Gasteiger partial charge on any atom is -0.454 e. The molecule has 2 rings (SSSR count). The fraction of sp³-hybridized carbons (Fsp3) is 0.222. The molecule has 0 spiro atoms. The van der Waals surface area contributed by atoms with E-state index in [4.69, 9.17) is 9.47 Å². The van der Waals surface area contributed by atoms with Crippen LogP contribution in [0.3, 0.4) is 0 Å². The van der Waals surface area contributed by atoms with Crippen LogP contribution >= 0.6 is 0 Å². The van der Waals surface area contributed by atoms with Crippen molar-refractivity contribution in [1.29, 1.82) is 0 Å². The molecular weight excluding hydrogens is 156 g/mol. The largest absolute Gasteiger partial charge is 0.454 e. The number of ether oxygens (including phenoxy) is 2. The van der Waals surface area contributed by atoms with Crippen molar-refractivity contribution in [2.75, 3.05) is 6.79 Å². The Morgan fingerprint density at radius 1 is 1.42 bits per heavy atom. The molecule has 0 saturated carbocycles. The Hall–Kier alpha value is -1.51. The average Bonchev–Trinajstić information content (AvgIpc) is 2.52. The van der Waals surface area contributed by atoms with Crippen LogP contribution in [0.5, 0.6) is 11.5 Å². The van der Waals surface area contributed by atoms with Gasteiger partial charge in [-0.1, -0.05) is 6.07 Å². The molecule has 0 aromatic heterocycles. The highest BCUT2D eigenvalue weighted by atomic mass is 16.7. The van der Waals surface area contributed by atoms with E-state index in [-0.39, 0.29) is 6.79 Å². The number of hydrogen-bond acceptors (Lipinski definition) is 3. The highest BCUT2D eigenvalue weighted by Crippen LogP contribution is 2.36. The highest BCUT2D eigenvalue weighted by Gasteiger charge is 2.18. The summed E-state index contributed by atoms with van der Waals surface area (Å²) in [4.78, 5) is 10.7. The van der Waals surface area contributed by atoms with Crippen LogP contribution in [0.4, 0.5) is 0 Å². The number of rotatable bonds is 1. The minimum absolute atomic E-state index is 0.208. The summed E-state index contributed by atoms with van der Waals surface area (Å²) < 4.78 is 10.3. The van der Waals surface area contributed by atoms with Crippen molar-refractivity contribution in [2.24, 2.45) is 0 Å². The standard InChI is InChI=1S/C9H8O3/c1-6-2-3-8-9(7(6)4-10)12-5-11-8/h2-4H,5H2,1H3. The SMILES string of the molecule is Cc1ccc2c(c1C=O)OCO2. The second-order valence-corrected chi connectivity index (χ2v) is 2.65. The monoisotopic (exact) mass is 164 g/mol. The molecule has 0 aliphatic carbocycles. The maximum atomic E-state index is 10.7. The quantitative estimate of drug-likeness (QED) is 0.590. The summed E-state index contributed by atoms with van der Waals surface area (Å²) in [5.74, 6) is 1.23. The lowest BCUT2D eigenvalue weighted by molar-refractivity contribution is 0.111. The van der Waals surface area contributed by atoms with Gasteiger partial charge in [0.2, 0.25) is 6.79 Å². The maximum Gasteiger partial charge on any atom is 0.231 e. The first kappa shape index (κ1) is 7.16. The molecule has 0 bridgehead atoms. The van der Waals surface area contributed by atoms with E-state index in [1.54, 1.807) is 0 Å². The third-order valence-electron chi connectivity index (χ3n) is 1.91. The van der Waals surface area contributed by atoms with Crippen molar-refractivity contribution in [3.05, 3.63) is 23.3 Å². The predicted octanol–water partition coefficient (Wildman–Crippen LogP) is 1.54. The molecular formula is C9H8O3. The van der Waals surface area contributed by atoms with Gasteiger partial charge < -0.3 is 9.47 Å². The first-order chi connectivity index (χ1) is 5.83. The van der Waals surface area contributed by atoms with Crippen molar-refractivity contribution >= 4 is 6.29 Å². The summed E-state index contributed by atoms with van der Waals surface area (Å²) in [5, 5.41) is 0. The van der Waals surface area contributed by atoms with E-state index in [0.29, 0.717) is 17.1 Å². The third-order valence-corrected chi connectivity index (χ3v) is 1.91. The molecule has 1 aliphatic rings. The number of aryl methyl sites for hydroxylation is 1. The second kappa shape index (κ2) is 2.52. The van der Waals surface area contributed by atoms with Crippen molar-refractivity contribution in [2.45, 2.75) is 6.92 Å². The average molecular weight is 164 g/mol. The summed E-state index contributed by atoms with van der Waals surface area (Å²) in [6, 6.07) is 3.65. The van der Waals surface area contributed by atoms with Crippen LogP contribution in [0.1, 0.15) is 15.9 Å². The summed E-state index contributed by atoms with van der Waals surface area (Å²) in [6.45, 7) is 2.07. The first-order valence-electron chi connectivity index (χ1n) is 3.67. The number of fused-ring (bicyclic) bond motifs is 1. The van der Waals surface area contributed by atoms with Crippen LogP contribution in [0.25, 0.3) is 0 Å². The van der Waals surface area contributed by atoms with Gasteiger partial charge in [-0.2, -0.15) is 0 Å². The fourth-order valence-electron chi connectivity index (χ4n) is 1.24. The lowest BCUT2D eigenvalue weighted by atomic mass is 10.1. The van der Waals surface area contributed by atoms with Crippen LogP contribution in [-0.2, 0) is 0 Å². The van der Waals surface area contributed by atoms with E-state index < -0.39 is 0 Å². The van der Waals surface area contributed by atoms with Crippen LogP contribution in [-0.4, -0.2) is 13.1 Å². The number of carbonyl (C=O) groups is 1. The Kier molecular flexibility index (Phi) is 1.50. The molecule has 0 unspecified atom stereocenters. The van der Waals surface area contributed by atoms with E-state index in [0.717, 1.165) is 11.8 Å². The summed E-state index contributed by atoms with van der Waals surface area (Å²) >= 11 is 0. The normalized spacial score (nSPS) is 13.1. The van der Waals surface area contributed by atoms with E-state index in [9.17, 15) is 4.79 Å². The summed E-state index contributed by atoms with van der Waals surface area (Å²) in [7, 11) is 0. The number of hydrogen-bond donors (Lipinski definition) is 0. The minimum atomic E-state index is 0.208. The summed E-state index contributed by atoms with van der Waals surface area (Å²) in [6.07, 6.45) is 0.794. The first-order valence-corrected chi connectivity index (χ1v) is 3.67. The molecule has 0 fully saturated rings. The fourth-order valence-corrected chi connectivity index (χ4v) is 1.24. The van der Waals surface area contributed by atoms with Gasteiger partial charge in [0.1, 0.15) is 0 Å². The van der Waals surface area contributed by atoms with Crippen LogP contribution < -0.4 is 9.47 Å². The van der Waals surface area contributed by atoms with E-state index >= 15 is 0 Å². The predicted molar refractivity (Wildman–Crippen MR) is 42.7 cm³/mol. The summed E-state index contributed by atoms with van der Waals surface area (Å²) in [5.41, 5.74) is 1.50. The van der Waals surface area contributed by atoms with Gasteiger partial charge >= 0.3 is 0 Å². The van der Waals surface area contributed by atoms with Gasteiger partial charge in [-0.3, -0.25) is 4.79 Å². The van der Waals surface area contributed by atoms with Crippen molar-refractivity contribution in [3.8, 4) is 11.5 Å². The second-order valence-electron chi connectivity index (χ2n) is 2.65. The lowest BCUT2D eigenvalue weighted by Crippen LogP contribution is -1.94. The Morgan fingerprint density at radius 2 is 2.25 bits per heavy atom. The maximum absolute atomic E-state index is 10.7. The van der Waals surface area contributed by atoms with E-state index in [1.165, 1.54) is 0 Å². The van der Waals surface area contributed by atoms with Gasteiger partial charge in [-0.05, 0) is 18.6 Å². The Labute approximate surface area is 69.9 Å². The van der Waals surface area contributed by atoms with Crippen LogP contribution in [0, 0.1) is 6.92 Å². The smallest absolute Gasteiger partial charge is 0.231 e. The van der Waals surface area contributed by atoms with Crippen molar-refractivity contribution in [3.63, 3.8) is 0 Å². The van der Waals surface area contributed by atoms with Gasteiger partial charge in [0.15, 0.2) is 17.8 Å². The molecule has 0 radical (unpaired) electrons. The van der Waals surface area contributed by atoms with Gasteiger partial charge in [0, 0.05) is 0 Å². The van der Waals surface area contributed by atoms with Gasteiger partial charge in [0.25, 0.3) is 0 Å². The Balaban J connectivity index is 2.65. The number of benzene rings is 1. The van der Waals surface area contributed by atoms with E-state index in [1.807, 2.05) is 19.1 Å². The molecule has 0 N–H and O–H groups in total. The molecule has 0 atom stereocenters. The molecule has 0 saturated heterocycles. The number of carbonyl (C=O) groups excluding carboxylic acids is 1. The molecule has 12 heavy (non-hydrogen) atoms. The molecule has 3 heteroatoms. The van der Waals surface area contributed by atoms with Crippen LogP contribution in [0.2, 0.25) is 0 Å². The molecule has 3 nitrogen and oxygen atoms in total. The van der Waals surface area contributed by atoms with Gasteiger partial charge in [-0.15, -0.1) is 0 Å². The molecule has 1 aromatic carbocycles. The molecule has 62 valence electrons. The molecule has 1 aliphatic heterocycles. The zero-order valence-electron chi connectivity index (χ0n) is 6.66. The molecule has 1 heterocycles. The van der Waals surface area contributed by atoms with Crippen molar-refractivity contribution < 1.29 is 14.3 Å². The van der Waals surface area contributed by atoms with Gasteiger partial charge in [0.05, 0.1) is 5.56 Å².